The van der Waals surface area contributed by atoms with Gasteiger partial charge < -0.3 is 5.11 Å². The van der Waals surface area contributed by atoms with Crippen molar-refractivity contribution in [1.29, 1.82) is 0 Å². The quantitative estimate of drug-likeness (QED) is 0.904. The van der Waals surface area contributed by atoms with Crippen LogP contribution in [0.1, 0.15) is 13.3 Å². The van der Waals surface area contributed by atoms with Crippen LogP contribution in [0.5, 0.6) is 0 Å². The Bertz CT molecular complexity index is 590. The first-order valence-electron chi connectivity index (χ1n) is 5.35. The predicted molar refractivity (Wildman–Crippen MR) is 70.4 cm³/mol. The molecule has 1 N–H and O–H groups in total. The highest BCUT2D eigenvalue weighted by molar-refractivity contribution is 7.92. The lowest BCUT2D eigenvalue weighted by molar-refractivity contribution is -0.138. The SMILES string of the molecule is CC[C@H](C(=O)O)N(c1ccc(F)c(Cl)c1)S(C)(=O)=O. The molecule has 1 aromatic rings. The molecule has 8 heteroatoms. The lowest BCUT2D eigenvalue weighted by atomic mass is 10.2. The molecule has 0 unspecified atom stereocenters. The number of carboxylic acids is 1. The van der Waals surface area contributed by atoms with Crippen molar-refractivity contribution in [1.82, 2.24) is 0 Å². The van der Waals surface area contributed by atoms with Crippen LogP contribution >= 0.6 is 11.6 Å². The van der Waals surface area contributed by atoms with Gasteiger partial charge in [-0.2, -0.15) is 0 Å². The molecule has 0 amide bonds. The van der Waals surface area contributed by atoms with Crippen molar-refractivity contribution in [2.75, 3.05) is 10.6 Å². The second kappa shape index (κ2) is 5.75. The Labute approximate surface area is 115 Å². The molecule has 1 aromatic carbocycles. The molecule has 0 radical (unpaired) electrons. The molecule has 5 nitrogen and oxygen atoms in total. The fraction of sp³-hybridized carbons (Fsp3) is 0.364. The first kappa shape index (κ1) is 15.7. The smallest absolute Gasteiger partial charge is 0.327 e. The molecule has 0 aliphatic heterocycles. The molecular formula is C11H13ClFNO4S. The van der Waals surface area contributed by atoms with Gasteiger partial charge in [0.25, 0.3) is 0 Å². The normalized spacial score (nSPS) is 13.1. The number of benzene rings is 1. The minimum absolute atomic E-state index is 0.0168. The van der Waals surface area contributed by atoms with Crippen LogP contribution < -0.4 is 4.31 Å². The van der Waals surface area contributed by atoms with Gasteiger partial charge in [-0.05, 0) is 24.6 Å². The zero-order chi connectivity index (χ0) is 14.8. The van der Waals surface area contributed by atoms with E-state index in [-0.39, 0.29) is 17.1 Å². The van der Waals surface area contributed by atoms with Crippen LogP contribution in [0.25, 0.3) is 0 Å². The van der Waals surface area contributed by atoms with Gasteiger partial charge >= 0.3 is 5.97 Å². The topological polar surface area (TPSA) is 74.7 Å². The van der Waals surface area contributed by atoms with Crippen LogP contribution in [0.3, 0.4) is 0 Å². The zero-order valence-electron chi connectivity index (χ0n) is 10.3. The summed E-state index contributed by atoms with van der Waals surface area (Å²) in [5.74, 6) is -1.99. The van der Waals surface area contributed by atoms with Gasteiger partial charge in [-0.1, -0.05) is 18.5 Å². The molecule has 0 fully saturated rings. The largest absolute Gasteiger partial charge is 0.480 e. The summed E-state index contributed by atoms with van der Waals surface area (Å²) in [7, 11) is -3.83. The zero-order valence-corrected chi connectivity index (χ0v) is 11.9. The van der Waals surface area contributed by atoms with Gasteiger partial charge in [-0.15, -0.1) is 0 Å². The van der Waals surface area contributed by atoms with Gasteiger partial charge in [-0.3, -0.25) is 4.31 Å². The van der Waals surface area contributed by atoms with Crippen molar-refractivity contribution in [2.24, 2.45) is 0 Å². The van der Waals surface area contributed by atoms with Crippen molar-refractivity contribution in [3.05, 3.63) is 29.0 Å². The third-order valence-corrected chi connectivity index (χ3v) is 3.94. The number of carbonyl (C=O) groups is 1. The first-order chi connectivity index (χ1) is 8.68. The van der Waals surface area contributed by atoms with Crippen LogP contribution in [0.2, 0.25) is 5.02 Å². The molecular weight excluding hydrogens is 297 g/mol. The van der Waals surface area contributed by atoms with Crippen LogP contribution in [-0.4, -0.2) is 31.8 Å². The molecule has 19 heavy (non-hydrogen) atoms. The standard InChI is InChI=1S/C11H13ClFNO4S/c1-3-10(11(15)16)14(19(2,17)18)7-4-5-9(13)8(12)6-7/h4-6,10H,3H2,1-2H3,(H,15,16)/t10-/m1/s1. The van der Waals surface area contributed by atoms with E-state index in [0.29, 0.717) is 0 Å². The average molecular weight is 310 g/mol. The van der Waals surface area contributed by atoms with Gasteiger partial charge in [0, 0.05) is 0 Å². The van der Waals surface area contributed by atoms with Crippen LogP contribution in [0.4, 0.5) is 10.1 Å². The fourth-order valence-electron chi connectivity index (χ4n) is 1.67. The molecule has 0 bridgehead atoms. The summed E-state index contributed by atoms with van der Waals surface area (Å²) in [4.78, 5) is 11.1. The Morgan fingerprint density at radius 3 is 2.47 bits per heavy atom. The van der Waals surface area contributed by atoms with E-state index in [9.17, 15) is 17.6 Å². The molecule has 0 saturated heterocycles. The second-order valence-corrected chi connectivity index (χ2v) is 6.19. The Balaban J connectivity index is 3.40. The lowest BCUT2D eigenvalue weighted by Gasteiger charge is -2.28. The Hall–Kier alpha value is -1.34. The third kappa shape index (κ3) is 3.57. The number of hydrogen-bond donors (Lipinski definition) is 1. The van der Waals surface area contributed by atoms with E-state index in [1.165, 1.54) is 6.07 Å². The van der Waals surface area contributed by atoms with Gasteiger partial charge in [0.1, 0.15) is 11.9 Å². The molecule has 0 heterocycles. The summed E-state index contributed by atoms with van der Waals surface area (Å²) < 4.78 is 37.3. The maximum Gasteiger partial charge on any atom is 0.327 e. The summed E-state index contributed by atoms with van der Waals surface area (Å²) in [5, 5.41) is 8.81. The number of hydrogen-bond acceptors (Lipinski definition) is 3. The van der Waals surface area contributed by atoms with Crippen molar-refractivity contribution >= 4 is 33.3 Å². The van der Waals surface area contributed by atoms with Gasteiger partial charge in [-0.25, -0.2) is 17.6 Å². The number of sulfonamides is 1. The van der Waals surface area contributed by atoms with Crippen LogP contribution in [0.15, 0.2) is 18.2 Å². The minimum atomic E-state index is -3.83. The van der Waals surface area contributed by atoms with E-state index in [1.54, 1.807) is 6.92 Å². The molecule has 106 valence electrons. The summed E-state index contributed by atoms with van der Waals surface area (Å²) in [5.41, 5.74) is 0.0168. The van der Waals surface area contributed by atoms with Crippen LogP contribution in [-0.2, 0) is 14.8 Å². The highest BCUT2D eigenvalue weighted by atomic mass is 35.5. The van der Waals surface area contributed by atoms with Crippen molar-refractivity contribution in [3.63, 3.8) is 0 Å². The molecule has 0 aliphatic carbocycles. The van der Waals surface area contributed by atoms with E-state index in [4.69, 9.17) is 16.7 Å². The maximum absolute atomic E-state index is 13.1. The summed E-state index contributed by atoms with van der Waals surface area (Å²) >= 11 is 5.59. The van der Waals surface area contributed by atoms with E-state index < -0.39 is 27.9 Å². The number of nitrogens with zero attached hydrogens (tertiary/aromatic N) is 1. The maximum atomic E-state index is 13.1. The lowest BCUT2D eigenvalue weighted by Crippen LogP contribution is -2.44. The van der Waals surface area contributed by atoms with Gasteiger partial charge in [0.2, 0.25) is 10.0 Å². The molecule has 0 saturated carbocycles. The third-order valence-electron chi connectivity index (χ3n) is 2.47. The average Bonchev–Trinajstić information content (AvgIpc) is 2.27. The van der Waals surface area contributed by atoms with E-state index in [2.05, 4.69) is 0 Å². The Morgan fingerprint density at radius 1 is 1.53 bits per heavy atom. The summed E-state index contributed by atoms with van der Waals surface area (Å²) in [6.07, 6.45) is 0.952. The molecule has 1 atom stereocenters. The number of aliphatic carboxylic acids is 1. The number of rotatable bonds is 5. The Kier molecular flexibility index (Phi) is 4.75. The highest BCUT2D eigenvalue weighted by Gasteiger charge is 2.31. The second-order valence-electron chi connectivity index (χ2n) is 3.92. The van der Waals surface area contributed by atoms with E-state index in [1.807, 2.05) is 0 Å². The van der Waals surface area contributed by atoms with Crippen LogP contribution in [0, 0.1) is 5.82 Å². The number of halogens is 2. The fourth-order valence-corrected chi connectivity index (χ4v) is 3.04. The highest BCUT2D eigenvalue weighted by Crippen LogP contribution is 2.27. The van der Waals surface area contributed by atoms with Crippen molar-refractivity contribution in [2.45, 2.75) is 19.4 Å². The number of carboxylic acid groups (broad SMARTS) is 1. The van der Waals surface area contributed by atoms with Gasteiger partial charge in [0.05, 0.1) is 17.0 Å². The Morgan fingerprint density at radius 2 is 2.11 bits per heavy atom. The van der Waals surface area contributed by atoms with E-state index >= 15 is 0 Å². The van der Waals surface area contributed by atoms with Crippen molar-refractivity contribution in [3.8, 4) is 0 Å². The molecule has 0 aromatic heterocycles. The summed E-state index contributed by atoms with van der Waals surface area (Å²) in [6.45, 7) is 1.54. The number of anilines is 1. The summed E-state index contributed by atoms with van der Waals surface area (Å²) in [6, 6.07) is 1.98. The molecule has 1 rings (SSSR count). The first-order valence-corrected chi connectivity index (χ1v) is 7.58. The minimum Gasteiger partial charge on any atom is -0.480 e. The van der Waals surface area contributed by atoms with E-state index in [0.717, 1.165) is 22.7 Å². The van der Waals surface area contributed by atoms with Gasteiger partial charge in [0.15, 0.2) is 0 Å². The predicted octanol–water partition coefficient (Wildman–Crippen LogP) is 2.11. The van der Waals surface area contributed by atoms with Crippen molar-refractivity contribution < 1.29 is 22.7 Å². The molecule has 0 spiro atoms. The monoisotopic (exact) mass is 309 g/mol. The molecule has 0 aliphatic rings.